The van der Waals surface area contributed by atoms with E-state index in [0.717, 1.165) is 18.5 Å². The number of unbranched alkanes of at least 4 members (excludes halogenated alkanes) is 5. The first-order chi connectivity index (χ1) is 11.1. The summed E-state index contributed by atoms with van der Waals surface area (Å²) >= 11 is 1.82. The molecule has 1 aromatic rings. The van der Waals surface area contributed by atoms with E-state index in [4.69, 9.17) is 4.74 Å². The summed E-state index contributed by atoms with van der Waals surface area (Å²) in [5, 5.41) is 10.9. The molecule has 0 fully saturated rings. The molecule has 132 valence electrons. The molecule has 23 heavy (non-hydrogen) atoms. The SMILES string of the molecule is CCCCCCCCN1COCc2c(C(C)C)sc(C)c2C1O. The summed E-state index contributed by atoms with van der Waals surface area (Å²) in [7, 11) is 0. The second kappa shape index (κ2) is 9.16. The molecule has 0 saturated carbocycles. The number of hydrogen-bond donors (Lipinski definition) is 1. The van der Waals surface area contributed by atoms with Crippen LogP contribution in [0.4, 0.5) is 0 Å². The van der Waals surface area contributed by atoms with E-state index < -0.39 is 6.23 Å². The third-order valence-electron chi connectivity index (χ3n) is 4.70. The molecule has 0 aliphatic carbocycles. The van der Waals surface area contributed by atoms with E-state index in [9.17, 15) is 5.11 Å². The van der Waals surface area contributed by atoms with Gasteiger partial charge in [-0.15, -0.1) is 11.3 Å². The van der Waals surface area contributed by atoms with Crippen LogP contribution < -0.4 is 0 Å². The summed E-state index contributed by atoms with van der Waals surface area (Å²) in [5.41, 5.74) is 2.35. The van der Waals surface area contributed by atoms with Crippen LogP contribution in [0.5, 0.6) is 0 Å². The van der Waals surface area contributed by atoms with Crippen molar-refractivity contribution in [3.05, 3.63) is 20.9 Å². The van der Waals surface area contributed by atoms with Crippen LogP contribution in [0.15, 0.2) is 0 Å². The number of rotatable bonds is 8. The van der Waals surface area contributed by atoms with Crippen LogP contribution in [0.25, 0.3) is 0 Å². The smallest absolute Gasteiger partial charge is 0.136 e. The highest BCUT2D eigenvalue weighted by molar-refractivity contribution is 7.12. The largest absolute Gasteiger partial charge is 0.374 e. The van der Waals surface area contributed by atoms with Gasteiger partial charge < -0.3 is 9.84 Å². The number of aliphatic hydroxyl groups excluding tert-OH is 1. The van der Waals surface area contributed by atoms with Crippen LogP contribution in [0.3, 0.4) is 0 Å². The minimum absolute atomic E-state index is 0.489. The fourth-order valence-corrected chi connectivity index (χ4v) is 4.58. The Kier molecular flexibility index (Phi) is 7.54. The summed E-state index contributed by atoms with van der Waals surface area (Å²) in [6.07, 6.45) is 7.14. The van der Waals surface area contributed by atoms with Gasteiger partial charge in [-0.05, 0) is 24.8 Å². The molecule has 4 heteroatoms. The van der Waals surface area contributed by atoms with E-state index in [2.05, 4.69) is 32.6 Å². The maximum absolute atomic E-state index is 10.9. The Labute approximate surface area is 145 Å². The third kappa shape index (κ3) is 4.79. The van der Waals surface area contributed by atoms with Gasteiger partial charge in [-0.2, -0.15) is 0 Å². The highest BCUT2D eigenvalue weighted by Gasteiger charge is 2.29. The lowest BCUT2D eigenvalue weighted by atomic mass is 10.0. The lowest BCUT2D eigenvalue weighted by Crippen LogP contribution is -2.30. The topological polar surface area (TPSA) is 32.7 Å². The van der Waals surface area contributed by atoms with Gasteiger partial charge in [0, 0.05) is 21.9 Å². The van der Waals surface area contributed by atoms with E-state index in [1.807, 2.05) is 11.3 Å². The zero-order chi connectivity index (χ0) is 16.8. The van der Waals surface area contributed by atoms with Crippen molar-refractivity contribution in [3.8, 4) is 0 Å². The van der Waals surface area contributed by atoms with Crippen LogP contribution in [-0.4, -0.2) is 23.3 Å². The Hall–Kier alpha value is -0.420. The first-order valence-corrected chi connectivity index (χ1v) is 9.99. The average Bonchev–Trinajstić information content (AvgIpc) is 2.75. The number of ether oxygens (including phenoxy) is 1. The van der Waals surface area contributed by atoms with Crippen LogP contribution >= 0.6 is 11.3 Å². The van der Waals surface area contributed by atoms with Gasteiger partial charge in [0.05, 0.1) is 6.61 Å². The van der Waals surface area contributed by atoms with Crippen molar-refractivity contribution in [2.75, 3.05) is 13.3 Å². The summed E-state index contributed by atoms with van der Waals surface area (Å²) in [6.45, 7) is 10.9. The lowest BCUT2D eigenvalue weighted by Gasteiger charge is -2.25. The standard InChI is InChI=1S/C19H33NO2S/c1-5-6-7-8-9-10-11-20-13-22-12-16-17(19(20)21)15(4)23-18(16)14(2)3/h14,19,21H,5-13H2,1-4H3. The number of fused-ring (bicyclic) bond motifs is 1. The Morgan fingerprint density at radius 2 is 1.91 bits per heavy atom. The van der Waals surface area contributed by atoms with Crippen LogP contribution in [0, 0.1) is 6.92 Å². The fourth-order valence-electron chi connectivity index (χ4n) is 3.38. The maximum Gasteiger partial charge on any atom is 0.136 e. The Bertz CT molecular complexity index is 484. The molecule has 1 aliphatic heterocycles. The molecule has 2 heterocycles. The zero-order valence-corrected chi connectivity index (χ0v) is 16.0. The van der Waals surface area contributed by atoms with Gasteiger partial charge in [0.15, 0.2) is 0 Å². The van der Waals surface area contributed by atoms with E-state index in [0.29, 0.717) is 19.3 Å². The number of thiophene rings is 1. The molecule has 0 bridgehead atoms. The van der Waals surface area contributed by atoms with Gasteiger partial charge >= 0.3 is 0 Å². The van der Waals surface area contributed by atoms with Crippen LogP contribution in [0.2, 0.25) is 0 Å². The number of aryl methyl sites for hydroxylation is 1. The van der Waals surface area contributed by atoms with Gasteiger partial charge in [0.1, 0.15) is 13.0 Å². The number of nitrogens with zero attached hydrogens (tertiary/aromatic N) is 1. The van der Waals surface area contributed by atoms with Crippen molar-refractivity contribution >= 4 is 11.3 Å². The quantitative estimate of drug-likeness (QED) is 0.651. The normalized spacial score (nSPS) is 19.1. The summed E-state index contributed by atoms with van der Waals surface area (Å²) in [4.78, 5) is 4.71. The molecular formula is C19H33NO2S. The molecule has 0 spiro atoms. The van der Waals surface area contributed by atoms with Gasteiger partial charge in [0.25, 0.3) is 0 Å². The van der Waals surface area contributed by atoms with E-state index in [-0.39, 0.29) is 0 Å². The molecule has 1 atom stereocenters. The monoisotopic (exact) mass is 339 g/mol. The van der Waals surface area contributed by atoms with Crippen molar-refractivity contribution < 1.29 is 9.84 Å². The highest BCUT2D eigenvalue weighted by atomic mass is 32.1. The minimum atomic E-state index is -0.508. The Balaban J connectivity index is 1.97. The zero-order valence-electron chi connectivity index (χ0n) is 15.2. The molecule has 3 nitrogen and oxygen atoms in total. The second-order valence-electron chi connectivity index (χ2n) is 7.00. The summed E-state index contributed by atoms with van der Waals surface area (Å²) in [6, 6.07) is 0. The molecule has 0 amide bonds. The molecule has 1 N–H and O–H groups in total. The Morgan fingerprint density at radius 3 is 2.61 bits per heavy atom. The lowest BCUT2D eigenvalue weighted by molar-refractivity contribution is -0.0679. The van der Waals surface area contributed by atoms with E-state index in [1.54, 1.807) is 0 Å². The third-order valence-corrected chi connectivity index (χ3v) is 6.16. The van der Waals surface area contributed by atoms with Crippen molar-refractivity contribution in [2.24, 2.45) is 0 Å². The van der Waals surface area contributed by atoms with E-state index in [1.165, 1.54) is 47.4 Å². The summed E-state index contributed by atoms with van der Waals surface area (Å²) < 4.78 is 5.88. The highest BCUT2D eigenvalue weighted by Crippen LogP contribution is 2.39. The van der Waals surface area contributed by atoms with Crippen molar-refractivity contribution in [1.82, 2.24) is 4.90 Å². The molecule has 1 unspecified atom stereocenters. The number of hydrogen-bond acceptors (Lipinski definition) is 4. The Morgan fingerprint density at radius 1 is 1.22 bits per heavy atom. The first kappa shape index (κ1) is 18.9. The van der Waals surface area contributed by atoms with Gasteiger partial charge in [-0.1, -0.05) is 52.9 Å². The molecule has 0 saturated heterocycles. The van der Waals surface area contributed by atoms with Crippen molar-refractivity contribution in [2.45, 2.75) is 85.0 Å². The average molecular weight is 340 g/mol. The molecule has 1 aliphatic rings. The van der Waals surface area contributed by atoms with E-state index >= 15 is 0 Å². The van der Waals surface area contributed by atoms with Gasteiger partial charge in [-0.3, -0.25) is 4.90 Å². The predicted molar refractivity (Wildman–Crippen MR) is 97.8 cm³/mol. The predicted octanol–water partition coefficient (Wildman–Crippen LogP) is 5.32. The van der Waals surface area contributed by atoms with Gasteiger partial charge in [-0.25, -0.2) is 0 Å². The molecule has 0 aromatic carbocycles. The fraction of sp³-hybridized carbons (Fsp3) is 0.789. The molecule has 1 aromatic heterocycles. The first-order valence-electron chi connectivity index (χ1n) is 9.18. The number of aliphatic hydroxyl groups is 1. The van der Waals surface area contributed by atoms with Crippen LogP contribution in [-0.2, 0) is 11.3 Å². The summed E-state index contributed by atoms with van der Waals surface area (Å²) in [5.74, 6) is 0.489. The van der Waals surface area contributed by atoms with Crippen LogP contribution in [0.1, 0.15) is 92.3 Å². The molecule has 0 radical (unpaired) electrons. The van der Waals surface area contributed by atoms with Crippen molar-refractivity contribution in [3.63, 3.8) is 0 Å². The maximum atomic E-state index is 10.9. The minimum Gasteiger partial charge on any atom is -0.374 e. The van der Waals surface area contributed by atoms with Crippen molar-refractivity contribution in [1.29, 1.82) is 0 Å². The molecule has 2 rings (SSSR count). The molecular weight excluding hydrogens is 306 g/mol. The second-order valence-corrected chi connectivity index (χ2v) is 8.26. The van der Waals surface area contributed by atoms with Gasteiger partial charge in [0.2, 0.25) is 0 Å².